The lowest BCUT2D eigenvalue weighted by Gasteiger charge is -2.13. The Morgan fingerprint density at radius 3 is 2.71 bits per heavy atom. The van der Waals surface area contributed by atoms with Gasteiger partial charge in [-0.3, -0.25) is 5.84 Å². The van der Waals surface area contributed by atoms with Crippen LogP contribution in [0.4, 0.5) is 0 Å². The third-order valence-electron chi connectivity index (χ3n) is 2.36. The van der Waals surface area contributed by atoms with Gasteiger partial charge in [0.1, 0.15) is 5.76 Å². The molecule has 0 aliphatic heterocycles. The van der Waals surface area contributed by atoms with E-state index in [2.05, 4.69) is 19.3 Å². The quantitative estimate of drug-likeness (QED) is 0.543. The number of furan rings is 1. The van der Waals surface area contributed by atoms with E-state index in [1.54, 1.807) is 6.26 Å². The minimum Gasteiger partial charge on any atom is -0.468 e. The second kappa shape index (κ2) is 5.83. The van der Waals surface area contributed by atoms with E-state index < -0.39 is 0 Å². The van der Waals surface area contributed by atoms with Crippen LogP contribution in [-0.2, 0) is 0 Å². The molecule has 1 aromatic heterocycles. The first-order valence-corrected chi connectivity index (χ1v) is 5.23. The molecule has 1 aromatic rings. The molecule has 0 aliphatic rings. The van der Waals surface area contributed by atoms with Crippen molar-refractivity contribution in [3.8, 4) is 0 Å². The van der Waals surface area contributed by atoms with Gasteiger partial charge in [0.05, 0.1) is 12.3 Å². The van der Waals surface area contributed by atoms with Gasteiger partial charge in [-0.25, -0.2) is 5.43 Å². The van der Waals surface area contributed by atoms with Gasteiger partial charge in [0.25, 0.3) is 0 Å². The largest absolute Gasteiger partial charge is 0.468 e. The maximum absolute atomic E-state index is 5.47. The summed E-state index contributed by atoms with van der Waals surface area (Å²) in [5, 5.41) is 0. The van der Waals surface area contributed by atoms with Crippen LogP contribution in [0.1, 0.15) is 44.9 Å². The summed E-state index contributed by atoms with van der Waals surface area (Å²) in [6.45, 7) is 4.47. The summed E-state index contributed by atoms with van der Waals surface area (Å²) in [6.07, 6.45) is 5.12. The highest BCUT2D eigenvalue weighted by atomic mass is 16.3. The zero-order chi connectivity index (χ0) is 10.4. The highest BCUT2D eigenvalue weighted by Crippen LogP contribution is 2.20. The molecule has 1 unspecified atom stereocenters. The van der Waals surface area contributed by atoms with E-state index in [1.165, 1.54) is 12.8 Å². The van der Waals surface area contributed by atoms with Gasteiger partial charge in [0, 0.05) is 0 Å². The average Bonchev–Trinajstić information content (AvgIpc) is 2.64. The second-order valence-electron chi connectivity index (χ2n) is 4.06. The number of hydrogen-bond acceptors (Lipinski definition) is 3. The zero-order valence-electron chi connectivity index (χ0n) is 8.99. The standard InChI is InChI=1S/C11H20N2O/c1-9(2)5-3-6-10(13-12)11-7-4-8-14-11/h4,7-10,13H,3,5-6,12H2,1-2H3. The minimum atomic E-state index is 0.156. The van der Waals surface area contributed by atoms with Gasteiger partial charge >= 0.3 is 0 Å². The van der Waals surface area contributed by atoms with Crippen molar-refractivity contribution >= 4 is 0 Å². The van der Waals surface area contributed by atoms with Gasteiger partial charge < -0.3 is 4.42 Å². The van der Waals surface area contributed by atoms with Crippen molar-refractivity contribution in [2.45, 2.75) is 39.2 Å². The van der Waals surface area contributed by atoms with Crippen LogP contribution in [0, 0.1) is 5.92 Å². The van der Waals surface area contributed by atoms with Gasteiger partial charge in [0.15, 0.2) is 0 Å². The Balaban J connectivity index is 2.33. The molecule has 0 amide bonds. The monoisotopic (exact) mass is 196 g/mol. The third-order valence-corrected chi connectivity index (χ3v) is 2.36. The van der Waals surface area contributed by atoms with Crippen LogP contribution < -0.4 is 11.3 Å². The van der Waals surface area contributed by atoms with Crippen LogP contribution in [0.25, 0.3) is 0 Å². The molecule has 0 aromatic carbocycles. The zero-order valence-corrected chi connectivity index (χ0v) is 8.99. The Morgan fingerprint density at radius 2 is 2.21 bits per heavy atom. The highest BCUT2D eigenvalue weighted by molar-refractivity contribution is 5.03. The van der Waals surface area contributed by atoms with E-state index in [9.17, 15) is 0 Å². The van der Waals surface area contributed by atoms with E-state index in [0.717, 1.165) is 18.1 Å². The summed E-state index contributed by atoms with van der Waals surface area (Å²) in [6, 6.07) is 4.01. The maximum atomic E-state index is 5.47. The molecular formula is C11H20N2O. The van der Waals surface area contributed by atoms with Gasteiger partial charge in [-0.1, -0.05) is 26.7 Å². The molecule has 0 aliphatic carbocycles. The minimum absolute atomic E-state index is 0.156. The lowest BCUT2D eigenvalue weighted by atomic mass is 10.0. The molecule has 0 fully saturated rings. The van der Waals surface area contributed by atoms with Crippen LogP contribution in [0.3, 0.4) is 0 Å². The molecular weight excluding hydrogens is 176 g/mol. The van der Waals surface area contributed by atoms with Crippen molar-refractivity contribution in [1.82, 2.24) is 5.43 Å². The van der Waals surface area contributed by atoms with Crippen molar-refractivity contribution in [3.05, 3.63) is 24.2 Å². The highest BCUT2D eigenvalue weighted by Gasteiger charge is 2.11. The van der Waals surface area contributed by atoms with E-state index in [1.807, 2.05) is 12.1 Å². The molecule has 0 spiro atoms. The first kappa shape index (κ1) is 11.3. The topological polar surface area (TPSA) is 51.2 Å². The summed E-state index contributed by atoms with van der Waals surface area (Å²) < 4.78 is 5.30. The predicted molar refractivity (Wildman–Crippen MR) is 57.5 cm³/mol. The lowest BCUT2D eigenvalue weighted by Crippen LogP contribution is -2.27. The fourth-order valence-corrected chi connectivity index (χ4v) is 1.53. The second-order valence-corrected chi connectivity index (χ2v) is 4.06. The van der Waals surface area contributed by atoms with E-state index in [-0.39, 0.29) is 6.04 Å². The Morgan fingerprint density at radius 1 is 1.43 bits per heavy atom. The van der Waals surface area contributed by atoms with Gasteiger partial charge in [0.2, 0.25) is 0 Å². The van der Waals surface area contributed by atoms with E-state index in [4.69, 9.17) is 10.3 Å². The summed E-state index contributed by atoms with van der Waals surface area (Å²) in [7, 11) is 0. The van der Waals surface area contributed by atoms with Crippen LogP contribution >= 0.6 is 0 Å². The number of nitrogens with two attached hydrogens (primary N) is 1. The van der Waals surface area contributed by atoms with Gasteiger partial charge in [-0.15, -0.1) is 0 Å². The van der Waals surface area contributed by atoms with E-state index in [0.29, 0.717) is 0 Å². The summed E-state index contributed by atoms with van der Waals surface area (Å²) in [5.74, 6) is 7.15. The fraction of sp³-hybridized carbons (Fsp3) is 0.636. The van der Waals surface area contributed by atoms with Crippen molar-refractivity contribution in [1.29, 1.82) is 0 Å². The molecule has 1 heterocycles. The summed E-state index contributed by atoms with van der Waals surface area (Å²) >= 11 is 0. The predicted octanol–water partition coefficient (Wildman–Crippen LogP) is 2.61. The molecule has 0 bridgehead atoms. The molecule has 0 radical (unpaired) electrons. The Kier molecular flexibility index (Phi) is 4.70. The maximum Gasteiger partial charge on any atom is 0.122 e. The molecule has 80 valence electrons. The Bertz CT molecular complexity index is 231. The van der Waals surface area contributed by atoms with Crippen LogP contribution in [-0.4, -0.2) is 0 Å². The fourth-order valence-electron chi connectivity index (χ4n) is 1.53. The van der Waals surface area contributed by atoms with Gasteiger partial charge in [-0.2, -0.15) is 0 Å². The molecule has 3 N–H and O–H groups in total. The summed E-state index contributed by atoms with van der Waals surface area (Å²) in [4.78, 5) is 0. The Labute approximate surface area is 85.6 Å². The first-order chi connectivity index (χ1) is 6.74. The molecule has 0 saturated heterocycles. The molecule has 0 saturated carbocycles. The SMILES string of the molecule is CC(C)CCCC(NN)c1ccco1. The van der Waals surface area contributed by atoms with Crippen LogP contribution in [0.2, 0.25) is 0 Å². The number of hydrogen-bond donors (Lipinski definition) is 2. The third kappa shape index (κ3) is 3.52. The molecule has 3 heteroatoms. The molecule has 1 atom stereocenters. The van der Waals surface area contributed by atoms with Crippen molar-refractivity contribution < 1.29 is 4.42 Å². The van der Waals surface area contributed by atoms with Crippen LogP contribution in [0.15, 0.2) is 22.8 Å². The van der Waals surface area contributed by atoms with Crippen molar-refractivity contribution in [2.24, 2.45) is 11.8 Å². The number of hydrazine groups is 1. The lowest BCUT2D eigenvalue weighted by molar-refractivity contribution is 0.381. The smallest absolute Gasteiger partial charge is 0.122 e. The molecule has 14 heavy (non-hydrogen) atoms. The first-order valence-electron chi connectivity index (χ1n) is 5.23. The van der Waals surface area contributed by atoms with E-state index >= 15 is 0 Å². The Hall–Kier alpha value is -0.800. The van der Waals surface area contributed by atoms with Crippen molar-refractivity contribution in [3.63, 3.8) is 0 Å². The average molecular weight is 196 g/mol. The van der Waals surface area contributed by atoms with Gasteiger partial charge in [-0.05, 0) is 24.5 Å². The van der Waals surface area contributed by atoms with Crippen LogP contribution in [0.5, 0.6) is 0 Å². The van der Waals surface area contributed by atoms with Crippen molar-refractivity contribution in [2.75, 3.05) is 0 Å². The number of nitrogens with one attached hydrogen (secondary N) is 1. The normalized spacial score (nSPS) is 13.4. The number of rotatable bonds is 6. The molecule has 1 rings (SSSR count). The summed E-state index contributed by atoms with van der Waals surface area (Å²) in [5.41, 5.74) is 2.78. The molecule has 3 nitrogen and oxygen atoms in total.